The van der Waals surface area contributed by atoms with Crippen LogP contribution in [0.2, 0.25) is 5.15 Å². The average molecular weight is 411 g/mol. The SMILES string of the molecule is CN(C(=O)c1cccc(=O)n1Cc1cc2nc(Cl)c(F)cc2[nH]1)c1ccccc1. The molecule has 0 atom stereocenters. The number of H-pyrrole nitrogens is 1. The van der Waals surface area contributed by atoms with E-state index in [9.17, 15) is 14.0 Å². The fraction of sp³-hybridized carbons (Fsp3) is 0.0952. The standard InChI is InChI=1S/C21H16ClFN4O2/c1-26(14-6-3-2-4-7-14)21(29)18-8-5-9-19(28)27(18)12-13-10-16-17(24-13)11-15(23)20(22)25-16/h2-11,24H,12H2,1H3. The zero-order chi connectivity index (χ0) is 20.5. The Morgan fingerprint density at radius 2 is 1.93 bits per heavy atom. The van der Waals surface area contributed by atoms with Crippen LogP contribution in [0.25, 0.3) is 11.0 Å². The molecule has 0 saturated carbocycles. The Labute approximate surface area is 170 Å². The smallest absolute Gasteiger partial charge is 0.274 e. The predicted molar refractivity (Wildman–Crippen MR) is 110 cm³/mol. The van der Waals surface area contributed by atoms with Gasteiger partial charge >= 0.3 is 0 Å². The van der Waals surface area contributed by atoms with E-state index >= 15 is 0 Å². The zero-order valence-corrected chi connectivity index (χ0v) is 16.2. The molecular weight excluding hydrogens is 395 g/mol. The third-order valence-corrected chi connectivity index (χ3v) is 4.88. The first-order valence-electron chi connectivity index (χ1n) is 8.80. The molecule has 0 aliphatic carbocycles. The minimum Gasteiger partial charge on any atom is -0.355 e. The van der Waals surface area contributed by atoms with Crippen molar-refractivity contribution in [2.45, 2.75) is 6.54 Å². The fourth-order valence-corrected chi connectivity index (χ4v) is 3.28. The van der Waals surface area contributed by atoms with E-state index in [2.05, 4.69) is 9.97 Å². The van der Waals surface area contributed by atoms with Crippen LogP contribution in [0, 0.1) is 5.82 Å². The van der Waals surface area contributed by atoms with E-state index in [4.69, 9.17) is 11.6 Å². The van der Waals surface area contributed by atoms with Crippen molar-refractivity contribution in [2.24, 2.45) is 0 Å². The Hall–Kier alpha value is -3.45. The lowest BCUT2D eigenvalue weighted by atomic mass is 10.2. The number of carbonyl (C=O) groups is 1. The molecule has 0 bridgehead atoms. The lowest BCUT2D eigenvalue weighted by Gasteiger charge is -2.19. The number of hydrogen-bond donors (Lipinski definition) is 1. The minimum atomic E-state index is -0.634. The van der Waals surface area contributed by atoms with Gasteiger partial charge in [0.2, 0.25) is 0 Å². The number of nitrogens with one attached hydrogen (secondary N) is 1. The molecule has 0 aliphatic heterocycles. The van der Waals surface area contributed by atoms with Gasteiger partial charge in [0.15, 0.2) is 11.0 Å². The number of carbonyl (C=O) groups excluding carboxylic acids is 1. The molecule has 29 heavy (non-hydrogen) atoms. The number of benzene rings is 1. The molecule has 4 rings (SSSR count). The molecule has 0 spiro atoms. The summed E-state index contributed by atoms with van der Waals surface area (Å²) in [5, 5.41) is -0.222. The van der Waals surface area contributed by atoms with Gasteiger partial charge in [0.25, 0.3) is 11.5 Å². The maximum absolute atomic E-state index is 13.6. The van der Waals surface area contributed by atoms with Crippen molar-refractivity contribution in [3.8, 4) is 0 Å². The maximum Gasteiger partial charge on any atom is 0.274 e. The summed E-state index contributed by atoms with van der Waals surface area (Å²) >= 11 is 5.74. The van der Waals surface area contributed by atoms with Crippen molar-refractivity contribution in [1.29, 1.82) is 0 Å². The van der Waals surface area contributed by atoms with Gasteiger partial charge in [-0.05, 0) is 24.3 Å². The molecule has 1 N–H and O–H groups in total. The lowest BCUT2D eigenvalue weighted by molar-refractivity contribution is 0.0983. The number of amides is 1. The van der Waals surface area contributed by atoms with E-state index in [-0.39, 0.29) is 28.9 Å². The highest BCUT2D eigenvalue weighted by Gasteiger charge is 2.18. The van der Waals surface area contributed by atoms with Crippen LogP contribution in [0.4, 0.5) is 10.1 Å². The molecule has 8 heteroatoms. The molecule has 0 aliphatic rings. The second-order valence-electron chi connectivity index (χ2n) is 6.52. The number of pyridine rings is 2. The number of nitrogens with zero attached hydrogens (tertiary/aromatic N) is 3. The van der Waals surface area contributed by atoms with E-state index < -0.39 is 5.82 Å². The number of halogens is 2. The summed E-state index contributed by atoms with van der Waals surface area (Å²) in [5.41, 5.74) is 2.15. The molecular formula is C21H16ClFN4O2. The first-order valence-corrected chi connectivity index (χ1v) is 9.18. The van der Waals surface area contributed by atoms with Crippen molar-refractivity contribution < 1.29 is 9.18 Å². The van der Waals surface area contributed by atoms with Crippen LogP contribution < -0.4 is 10.5 Å². The largest absolute Gasteiger partial charge is 0.355 e. The number of anilines is 1. The molecule has 1 aromatic carbocycles. The van der Waals surface area contributed by atoms with Crippen molar-refractivity contribution >= 4 is 34.2 Å². The highest BCUT2D eigenvalue weighted by atomic mass is 35.5. The molecule has 6 nitrogen and oxygen atoms in total. The molecule has 0 radical (unpaired) electrons. The average Bonchev–Trinajstić information content (AvgIpc) is 3.10. The number of para-hydroxylation sites is 1. The van der Waals surface area contributed by atoms with Crippen molar-refractivity contribution in [1.82, 2.24) is 14.5 Å². The van der Waals surface area contributed by atoms with Crippen LogP contribution in [-0.2, 0) is 6.54 Å². The highest BCUT2D eigenvalue weighted by Crippen LogP contribution is 2.21. The quantitative estimate of drug-likeness (QED) is 0.519. The second-order valence-corrected chi connectivity index (χ2v) is 6.88. The number of hydrogen-bond acceptors (Lipinski definition) is 3. The van der Waals surface area contributed by atoms with Gasteiger partial charge in [0.1, 0.15) is 5.69 Å². The molecule has 0 fully saturated rings. The summed E-state index contributed by atoms with van der Waals surface area (Å²) in [6.07, 6.45) is 0. The van der Waals surface area contributed by atoms with E-state index in [0.717, 1.165) is 0 Å². The summed E-state index contributed by atoms with van der Waals surface area (Å²) in [6, 6.07) is 16.6. The van der Waals surface area contributed by atoms with Crippen LogP contribution in [-0.4, -0.2) is 27.5 Å². The minimum absolute atomic E-state index is 0.0962. The van der Waals surface area contributed by atoms with Gasteiger partial charge in [-0.15, -0.1) is 0 Å². The Morgan fingerprint density at radius 1 is 1.17 bits per heavy atom. The molecule has 4 aromatic rings. The van der Waals surface area contributed by atoms with Gasteiger partial charge in [0, 0.05) is 30.6 Å². The highest BCUT2D eigenvalue weighted by molar-refractivity contribution is 6.29. The van der Waals surface area contributed by atoms with Gasteiger partial charge in [-0.2, -0.15) is 0 Å². The topological polar surface area (TPSA) is 71.0 Å². The monoisotopic (exact) mass is 410 g/mol. The van der Waals surface area contributed by atoms with E-state index in [1.54, 1.807) is 25.2 Å². The fourth-order valence-electron chi connectivity index (χ4n) is 3.13. The Morgan fingerprint density at radius 3 is 2.69 bits per heavy atom. The second kappa shape index (κ2) is 7.52. The van der Waals surface area contributed by atoms with Crippen molar-refractivity contribution in [3.63, 3.8) is 0 Å². The Balaban J connectivity index is 1.72. The summed E-state index contributed by atoms with van der Waals surface area (Å²) in [5.74, 6) is -0.956. The van der Waals surface area contributed by atoms with Crippen LogP contribution in [0.3, 0.4) is 0 Å². The first kappa shape index (κ1) is 18.9. The molecule has 3 aromatic heterocycles. The number of rotatable bonds is 4. The normalized spacial score (nSPS) is 11.0. The van der Waals surface area contributed by atoms with Gasteiger partial charge in [-0.3, -0.25) is 14.2 Å². The van der Waals surface area contributed by atoms with Gasteiger partial charge in [-0.1, -0.05) is 35.9 Å². The van der Waals surface area contributed by atoms with Crippen LogP contribution in [0.15, 0.2) is 65.5 Å². The molecule has 3 heterocycles. The number of fused-ring (bicyclic) bond motifs is 1. The number of aromatic amines is 1. The van der Waals surface area contributed by atoms with Crippen LogP contribution in [0.1, 0.15) is 16.2 Å². The summed E-state index contributed by atoms with van der Waals surface area (Å²) in [4.78, 5) is 34.0. The third-order valence-electron chi connectivity index (χ3n) is 4.61. The Bertz CT molecular complexity index is 1230. The van der Waals surface area contributed by atoms with Gasteiger partial charge in [0.05, 0.1) is 17.6 Å². The summed E-state index contributed by atoms with van der Waals surface area (Å²) < 4.78 is 15.0. The molecule has 0 saturated heterocycles. The third kappa shape index (κ3) is 3.64. The predicted octanol–water partition coefficient (Wildman–Crippen LogP) is 3.84. The molecule has 146 valence electrons. The van der Waals surface area contributed by atoms with Crippen molar-refractivity contribution in [3.05, 3.63) is 93.4 Å². The van der Waals surface area contributed by atoms with Crippen LogP contribution >= 0.6 is 11.6 Å². The first-order chi connectivity index (χ1) is 13.9. The van der Waals surface area contributed by atoms with E-state index in [1.165, 1.54) is 21.6 Å². The summed E-state index contributed by atoms with van der Waals surface area (Å²) in [7, 11) is 1.65. The maximum atomic E-state index is 13.6. The van der Waals surface area contributed by atoms with Gasteiger partial charge < -0.3 is 9.88 Å². The summed E-state index contributed by atoms with van der Waals surface area (Å²) in [6.45, 7) is 0.0962. The van der Waals surface area contributed by atoms with Gasteiger partial charge in [-0.25, -0.2) is 9.37 Å². The number of aromatic nitrogens is 3. The Kier molecular flexibility index (Phi) is 4.90. The molecule has 0 unspecified atom stereocenters. The van der Waals surface area contributed by atoms with E-state index in [0.29, 0.717) is 22.4 Å². The lowest BCUT2D eigenvalue weighted by Crippen LogP contribution is -2.33. The van der Waals surface area contributed by atoms with E-state index in [1.807, 2.05) is 30.3 Å². The van der Waals surface area contributed by atoms with Crippen LogP contribution in [0.5, 0.6) is 0 Å². The zero-order valence-electron chi connectivity index (χ0n) is 15.4. The molecule has 1 amide bonds. The van der Waals surface area contributed by atoms with Crippen molar-refractivity contribution in [2.75, 3.05) is 11.9 Å².